The molecule has 4 heteroatoms. The van der Waals surface area contributed by atoms with Crippen molar-refractivity contribution < 1.29 is 9.47 Å². The van der Waals surface area contributed by atoms with E-state index in [9.17, 15) is 0 Å². The van der Waals surface area contributed by atoms with Gasteiger partial charge in [0.05, 0.1) is 6.10 Å². The summed E-state index contributed by atoms with van der Waals surface area (Å²) in [5.74, 6) is 6.04. The van der Waals surface area contributed by atoms with Crippen LogP contribution in [0.25, 0.3) is 0 Å². The van der Waals surface area contributed by atoms with E-state index in [-0.39, 0.29) is 0 Å². The van der Waals surface area contributed by atoms with Gasteiger partial charge in [0, 0.05) is 25.1 Å². The number of hydrogen-bond donors (Lipinski definition) is 0. The Balaban J connectivity index is 0.000000160. The fourth-order valence-electron chi connectivity index (χ4n) is 2.78. The van der Waals surface area contributed by atoms with Gasteiger partial charge in [0.15, 0.2) is 0 Å². The van der Waals surface area contributed by atoms with Crippen LogP contribution in [0.4, 0.5) is 0 Å². The molecule has 4 unspecified atom stereocenters. The Morgan fingerprint density at radius 3 is 1.79 bits per heavy atom. The second-order valence-electron chi connectivity index (χ2n) is 7.58. The fraction of sp³-hybridized carbons (Fsp3) is 1.00. The van der Waals surface area contributed by atoms with Gasteiger partial charge in [0.2, 0.25) is 0 Å². The van der Waals surface area contributed by atoms with Crippen LogP contribution in [0.3, 0.4) is 0 Å². The van der Waals surface area contributed by atoms with Gasteiger partial charge in [-0.1, -0.05) is 20.8 Å². The van der Waals surface area contributed by atoms with E-state index in [2.05, 4.69) is 51.2 Å². The SMILES string of the molecule is CC1CCCO1.CC1CCCS1.CC1CCOC1.CC1CCSC1. The summed E-state index contributed by atoms with van der Waals surface area (Å²) in [6.45, 7) is 11.9. The molecule has 0 spiro atoms. The van der Waals surface area contributed by atoms with Crippen molar-refractivity contribution in [2.75, 3.05) is 37.1 Å². The van der Waals surface area contributed by atoms with Crippen LogP contribution in [-0.2, 0) is 9.47 Å². The average molecular weight is 377 g/mol. The van der Waals surface area contributed by atoms with E-state index in [4.69, 9.17) is 9.47 Å². The first-order chi connectivity index (χ1) is 11.6. The third kappa shape index (κ3) is 12.9. The number of hydrogen-bond acceptors (Lipinski definition) is 4. The highest BCUT2D eigenvalue weighted by Gasteiger charge is 2.09. The Labute approximate surface area is 159 Å². The maximum Gasteiger partial charge on any atom is 0.0547 e. The molecule has 0 aromatic carbocycles. The summed E-state index contributed by atoms with van der Waals surface area (Å²) in [4.78, 5) is 0. The Hall–Kier alpha value is 0.620. The molecule has 4 saturated heterocycles. The second-order valence-corrected chi connectivity index (χ2v) is 10.3. The van der Waals surface area contributed by atoms with Crippen LogP contribution >= 0.6 is 23.5 Å². The summed E-state index contributed by atoms with van der Waals surface area (Å²) >= 11 is 4.18. The van der Waals surface area contributed by atoms with E-state index in [1.165, 1.54) is 55.8 Å². The summed E-state index contributed by atoms with van der Waals surface area (Å²) in [5, 5.41) is 0.963. The summed E-state index contributed by atoms with van der Waals surface area (Å²) in [5.41, 5.74) is 0. The predicted octanol–water partition coefficient (Wildman–Crippen LogP) is 5.89. The molecule has 4 aliphatic rings. The van der Waals surface area contributed by atoms with Gasteiger partial charge in [0.25, 0.3) is 0 Å². The molecule has 4 atom stereocenters. The molecule has 4 rings (SSSR count). The minimum atomic E-state index is 0.546. The minimum absolute atomic E-state index is 0.546. The van der Waals surface area contributed by atoms with Crippen molar-refractivity contribution in [3.63, 3.8) is 0 Å². The Bertz CT molecular complexity index is 209. The maximum atomic E-state index is 5.15. The molecule has 0 amide bonds. The van der Waals surface area contributed by atoms with Crippen LogP contribution in [0.5, 0.6) is 0 Å². The van der Waals surface area contributed by atoms with Crippen molar-refractivity contribution in [3.05, 3.63) is 0 Å². The molecule has 4 heterocycles. The first kappa shape index (κ1) is 22.7. The van der Waals surface area contributed by atoms with Gasteiger partial charge in [0.1, 0.15) is 0 Å². The zero-order valence-corrected chi connectivity index (χ0v) is 18.1. The molecule has 4 fully saturated rings. The Kier molecular flexibility index (Phi) is 13.9. The Morgan fingerprint density at radius 2 is 1.62 bits per heavy atom. The molecule has 2 nitrogen and oxygen atoms in total. The van der Waals surface area contributed by atoms with Crippen LogP contribution in [0.15, 0.2) is 0 Å². The molecule has 0 saturated carbocycles. The molecule has 0 aliphatic carbocycles. The lowest BCUT2D eigenvalue weighted by molar-refractivity contribution is 0.125. The van der Waals surface area contributed by atoms with Gasteiger partial charge < -0.3 is 9.47 Å². The molecule has 0 radical (unpaired) electrons. The van der Waals surface area contributed by atoms with Crippen molar-refractivity contribution in [3.8, 4) is 0 Å². The minimum Gasteiger partial charge on any atom is -0.381 e. The highest BCUT2D eigenvalue weighted by Crippen LogP contribution is 2.24. The van der Waals surface area contributed by atoms with Gasteiger partial charge in [-0.3, -0.25) is 0 Å². The topological polar surface area (TPSA) is 18.5 Å². The van der Waals surface area contributed by atoms with Gasteiger partial charge in [-0.2, -0.15) is 23.5 Å². The highest BCUT2D eigenvalue weighted by molar-refractivity contribution is 8.00. The zero-order chi connectivity index (χ0) is 17.6. The molecule has 0 N–H and O–H groups in total. The van der Waals surface area contributed by atoms with E-state index >= 15 is 0 Å². The summed E-state index contributed by atoms with van der Waals surface area (Å²) in [6, 6.07) is 0. The zero-order valence-electron chi connectivity index (χ0n) is 16.4. The van der Waals surface area contributed by atoms with Crippen LogP contribution in [0, 0.1) is 11.8 Å². The highest BCUT2D eigenvalue weighted by atomic mass is 32.2. The van der Waals surface area contributed by atoms with E-state index in [1.807, 2.05) is 0 Å². The molecule has 0 aromatic heterocycles. The third-order valence-corrected chi connectivity index (χ3v) is 7.29. The first-order valence-electron chi connectivity index (χ1n) is 9.96. The van der Waals surface area contributed by atoms with Crippen LogP contribution in [-0.4, -0.2) is 48.4 Å². The van der Waals surface area contributed by atoms with E-state index in [0.717, 1.165) is 36.9 Å². The Morgan fingerprint density at radius 1 is 0.792 bits per heavy atom. The van der Waals surface area contributed by atoms with E-state index < -0.39 is 0 Å². The standard InChI is InChI=1S/2C5H10O.2C5H10S/c1-5-2-3-6-4-5;1-5-3-2-4-6-5;1-5-2-3-6-4-5;1-5-3-2-4-6-5/h4*5H,2-4H2,1H3. The predicted molar refractivity (Wildman–Crippen MR) is 112 cm³/mol. The van der Waals surface area contributed by atoms with Crippen molar-refractivity contribution >= 4 is 23.5 Å². The molecule has 4 aliphatic heterocycles. The summed E-state index contributed by atoms with van der Waals surface area (Å²) in [6.07, 6.45) is 8.69. The molecule has 24 heavy (non-hydrogen) atoms. The first-order valence-corrected chi connectivity index (χ1v) is 12.2. The average Bonchev–Trinajstić information content (AvgIpc) is 3.31. The van der Waals surface area contributed by atoms with Gasteiger partial charge in [-0.15, -0.1) is 0 Å². The monoisotopic (exact) mass is 376 g/mol. The lowest BCUT2D eigenvalue weighted by Crippen LogP contribution is -1.94. The largest absolute Gasteiger partial charge is 0.381 e. The van der Waals surface area contributed by atoms with Crippen molar-refractivity contribution in [2.45, 2.75) is 77.6 Å². The lowest BCUT2D eigenvalue weighted by atomic mass is 10.2. The van der Waals surface area contributed by atoms with Crippen LogP contribution in [0.2, 0.25) is 0 Å². The third-order valence-electron chi connectivity index (χ3n) is 4.63. The molecular weight excluding hydrogens is 336 g/mol. The molecule has 0 aromatic rings. The number of ether oxygens (including phenoxy) is 2. The molecule has 144 valence electrons. The molecular formula is C20H40O2S2. The van der Waals surface area contributed by atoms with Crippen molar-refractivity contribution in [2.24, 2.45) is 11.8 Å². The van der Waals surface area contributed by atoms with Crippen molar-refractivity contribution in [1.82, 2.24) is 0 Å². The summed E-state index contributed by atoms with van der Waals surface area (Å²) < 4.78 is 10.2. The van der Waals surface area contributed by atoms with Crippen LogP contribution < -0.4 is 0 Å². The summed E-state index contributed by atoms with van der Waals surface area (Å²) in [7, 11) is 0. The lowest BCUT2D eigenvalue weighted by Gasteiger charge is -1.94. The molecule has 0 bridgehead atoms. The second kappa shape index (κ2) is 14.8. The van der Waals surface area contributed by atoms with Crippen LogP contribution in [0.1, 0.15) is 66.2 Å². The number of thioether (sulfide) groups is 2. The number of rotatable bonds is 0. The smallest absolute Gasteiger partial charge is 0.0547 e. The van der Waals surface area contributed by atoms with Gasteiger partial charge in [-0.25, -0.2) is 0 Å². The fourth-order valence-corrected chi connectivity index (χ4v) is 5.16. The van der Waals surface area contributed by atoms with Gasteiger partial charge >= 0.3 is 0 Å². The van der Waals surface area contributed by atoms with E-state index in [1.54, 1.807) is 0 Å². The van der Waals surface area contributed by atoms with Crippen molar-refractivity contribution in [1.29, 1.82) is 0 Å². The van der Waals surface area contributed by atoms with Gasteiger partial charge in [-0.05, 0) is 74.5 Å². The maximum absolute atomic E-state index is 5.15. The van der Waals surface area contributed by atoms with E-state index in [0.29, 0.717) is 6.10 Å². The normalized spacial score (nSPS) is 34.5. The quantitative estimate of drug-likeness (QED) is 0.524.